The second-order valence-electron chi connectivity index (χ2n) is 7.09. The van der Waals surface area contributed by atoms with E-state index in [-0.39, 0.29) is 30.8 Å². The van der Waals surface area contributed by atoms with Gasteiger partial charge >= 0.3 is 12.1 Å². The SMILES string of the molecule is COc1ccc([C@H](OC(=O)Nc2ccc3c(c2)OCO3)[C@H](C)CCOC(=O)CS)cc1O. The van der Waals surface area contributed by atoms with Gasteiger partial charge in [-0.2, -0.15) is 12.6 Å². The van der Waals surface area contributed by atoms with Gasteiger partial charge in [-0.25, -0.2) is 4.79 Å². The summed E-state index contributed by atoms with van der Waals surface area (Å²) in [5.41, 5.74) is 1.04. The van der Waals surface area contributed by atoms with E-state index in [0.29, 0.717) is 34.9 Å². The van der Waals surface area contributed by atoms with Crippen LogP contribution in [0.4, 0.5) is 10.5 Å². The number of aromatic hydroxyl groups is 1. The maximum Gasteiger partial charge on any atom is 0.412 e. The standard InChI is InChI=1S/C22H25NO8S/c1-13(7-8-28-20(25)11-32)21(14-3-5-17(27-2)16(24)9-14)31-22(26)23-15-4-6-18-19(10-15)30-12-29-18/h3-6,9-10,13,21,24,32H,7-8,11-12H2,1-2H3,(H,23,26)/t13-,21-/m1/s1. The quantitative estimate of drug-likeness (QED) is 0.379. The van der Waals surface area contributed by atoms with Gasteiger partial charge in [0, 0.05) is 17.7 Å². The summed E-state index contributed by atoms with van der Waals surface area (Å²) in [6.45, 7) is 2.13. The van der Waals surface area contributed by atoms with E-state index in [9.17, 15) is 14.7 Å². The van der Waals surface area contributed by atoms with E-state index in [0.717, 1.165) is 0 Å². The Bertz CT molecular complexity index is 967. The van der Waals surface area contributed by atoms with Crippen molar-refractivity contribution in [3.8, 4) is 23.0 Å². The highest BCUT2D eigenvalue weighted by molar-refractivity contribution is 7.81. The van der Waals surface area contributed by atoms with Gasteiger partial charge in [0.1, 0.15) is 6.10 Å². The van der Waals surface area contributed by atoms with Crippen molar-refractivity contribution in [3.05, 3.63) is 42.0 Å². The summed E-state index contributed by atoms with van der Waals surface area (Å²) in [5, 5.41) is 12.8. The molecule has 0 unspecified atom stereocenters. The first kappa shape index (κ1) is 23.4. The third kappa shape index (κ3) is 5.91. The molecule has 0 bridgehead atoms. The van der Waals surface area contributed by atoms with Crippen molar-refractivity contribution in [1.29, 1.82) is 0 Å². The fraction of sp³-hybridized carbons (Fsp3) is 0.364. The van der Waals surface area contributed by atoms with Gasteiger partial charge in [0.2, 0.25) is 6.79 Å². The molecule has 1 aliphatic rings. The minimum atomic E-state index is -0.726. The van der Waals surface area contributed by atoms with Crippen LogP contribution in [-0.4, -0.2) is 43.4 Å². The van der Waals surface area contributed by atoms with Crippen molar-refractivity contribution in [3.63, 3.8) is 0 Å². The lowest BCUT2D eigenvalue weighted by Gasteiger charge is -2.25. The first-order valence-electron chi connectivity index (χ1n) is 9.92. The number of amides is 1. The Balaban J connectivity index is 1.72. The van der Waals surface area contributed by atoms with Gasteiger partial charge in [-0.05, 0) is 36.2 Å². The number of phenols is 1. The molecule has 2 aromatic carbocycles. The first-order chi connectivity index (χ1) is 15.4. The molecule has 0 aromatic heterocycles. The van der Waals surface area contributed by atoms with Gasteiger partial charge in [0.25, 0.3) is 0 Å². The van der Waals surface area contributed by atoms with E-state index < -0.39 is 18.2 Å². The molecule has 0 fully saturated rings. The molecule has 0 aliphatic carbocycles. The summed E-state index contributed by atoms with van der Waals surface area (Å²) in [6, 6.07) is 9.77. The molecule has 2 N–H and O–H groups in total. The van der Waals surface area contributed by atoms with Crippen LogP contribution in [-0.2, 0) is 14.3 Å². The zero-order valence-electron chi connectivity index (χ0n) is 17.7. The maximum absolute atomic E-state index is 12.6. The molecule has 9 nitrogen and oxygen atoms in total. The monoisotopic (exact) mass is 463 g/mol. The highest BCUT2D eigenvalue weighted by atomic mass is 32.1. The smallest absolute Gasteiger partial charge is 0.412 e. The Morgan fingerprint density at radius 2 is 1.97 bits per heavy atom. The number of hydrogen-bond acceptors (Lipinski definition) is 9. The largest absolute Gasteiger partial charge is 0.504 e. The molecule has 0 saturated heterocycles. The van der Waals surface area contributed by atoms with Crippen molar-refractivity contribution >= 4 is 30.4 Å². The Hall–Kier alpha value is -3.27. The van der Waals surface area contributed by atoms with Gasteiger partial charge in [-0.15, -0.1) is 0 Å². The van der Waals surface area contributed by atoms with E-state index in [2.05, 4.69) is 17.9 Å². The summed E-state index contributed by atoms with van der Waals surface area (Å²) in [7, 11) is 1.44. The second-order valence-corrected chi connectivity index (χ2v) is 7.41. The van der Waals surface area contributed by atoms with E-state index in [1.54, 1.807) is 30.3 Å². The summed E-state index contributed by atoms with van der Waals surface area (Å²) in [6.07, 6.45) is -0.993. The minimum absolute atomic E-state index is 0.0153. The molecule has 2 atom stereocenters. The number of nitrogens with one attached hydrogen (secondary N) is 1. The highest BCUT2D eigenvalue weighted by Crippen LogP contribution is 2.36. The molecule has 0 radical (unpaired) electrons. The Labute approximate surface area is 191 Å². The van der Waals surface area contributed by atoms with Gasteiger partial charge in [-0.1, -0.05) is 13.0 Å². The lowest BCUT2D eigenvalue weighted by Crippen LogP contribution is -2.23. The number of methoxy groups -OCH3 is 1. The minimum Gasteiger partial charge on any atom is -0.504 e. The van der Waals surface area contributed by atoms with Crippen LogP contribution >= 0.6 is 12.6 Å². The number of carbonyl (C=O) groups is 2. The molecule has 3 rings (SSSR count). The summed E-state index contributed by atoms with van der Waals surface area (Å²) in [5.74, 6) is 0.659. The topological polar surface area (TPSA) is 113 Å². The number of thiol groups is 1. The molecular weight excluding hydrogens is 438 g/mol. The number of benzene rings is 2. The normalized spacial score (nSPS) is 13.7. The van der Waals surface area contributed by atoms with Crippen LogP contribution in [0.2, 0.25) is 0 Å². The zero-order chi connectivity index (χ0) is 23.1. The summed E-state index contributed by atoms with van der Waals surface area (Å²) in [4.78, 5) is 24.0. The maximum atomic E-state index is 12.6. The number of esters is 1. The number of carbonyl (C=O) groups excluding carboxylic acids is 2. The van der Waals surface area contributed by atoms with Crippen molar-refractivity contribution in [2.75, 3.05) is 31.6 Å². The number of ether oxygens (including phenoxy) is 5. The lowest BCUT2D eigenvalue weighted by atomic mass is 9.94. The van der Waals surface area contributed by atoms with Crippen molar-refractivity contribution in [1.82, 2.24) is 0 Å². The lowest BCUT2D eigenvalue weighted by molar-refractivity contribution is -0.141. The van der Waals surface area contributed by atoms with Crippen LogP contribution in [0.15, 0.2) is 36.4 Å². The van der Waals surface area contributed by atoms with Crippen LogP contribution in [0, 0.1) is 5.92 Å². The molecule has 1 aliphatic heterocycles. The number of anilines is 1. The van der Waals surface area contributed by atoms with Crippen molar-refractivity contribution in [2.24, 2.45) is 5.92 Å². The fourth-order valence-corrected chi connectivity index (χ4v) is 3.28. The Morgan fingerprint density at radius 1 is 1.19 bits per heavy atom. The molecule has 2 aromatic rings. The van der Waals surface area contributed by atoms with E-state index >= 15 is 0 Å². The molecule has 1 amide bonds. The Kier molecular flexibility index (Phi) is 7.93. The molecule has 1 heterocycles. The van der Waals surface area contributed by atoms with Crippen molar-refractivity contribution < 1.29 is 38.4 Å². The van der Waals surface area contributed by atoms with Crippen molar-refractivity contribution in [2.45, 2.75) is 19.4 Å². The molecule has 0 saturated carbocycles. The molecule has 32 heavy (non-hydrogen) atoms. The molecular formula is C22H25NO8S. The summed E-state index contributed by atoms with van der Waals surface area (Å²) >= 11 is 3.88. The van der Waals surface area contributed by atoms with Crippen LogP contribution in [0.25, 0.3) is 0 Å². The Morgan fingerprint density at radius 3 is 2.69 bits per heavy atom. The predicted octanol–water partition coefficient (Wildman–Crippen LogP) is 3.92. The second kappa shape index (κ2) is 10.9. The highest BCUT2D eigenvalue weighted by Gasteiger charge is 2.26. The van der Waals surface area contributed by atoms with Gasteiger partial charge in [-0.3, -0.25) is 10.1 Å². The molecule has 0 spiro atoms. The van der Waals surface area contributed by atoms with Crippen LogP contribution in [0.1, 0.15) is 25.0 Å². The average molecular weight is 464 g/mol. The van der Waals surface area contributed by atoms with Crippen LogP contribution in [0.3, 0.4) is 0 Å². The predicted molar refractivity (Wildman–Crippen MR) is 119 cm³/mol. The summed E-state index contributed by atoms with van der Waals surface area (Å²) < 4.78 is 26.5. The third-order valence-corrected chi connectivity index (χ3v) is 5.12. The molecule has 10 heteroatoms. The number of hydrogen-bond donors (Lipinski definition) is 3. The van der Waals surface area contributed by atoms with Gasteiger partial charge < -0.3 is 28.8 Å². The van der Waals surface area contributed by atoms with Gasteiger partial charge in [0.05, 0.1) is 19.5 Å². The van der Waals surface area contributed by atoms with Crippen LogP contribution in [0.5, 0.6) is 23.0 Å². The van der Waals surface area contributed by atoms with Crippen LogP contribution < -0.4 is 19.5 Å². The van der Waals surface area contributed by atoms with E-state index in [1.165, 1.54) is 13.2 Å². The number of fused-ring (bicyclic) bond motifs is 1. The number of rotatable bonds is 9. The number of phenolic OH excluding ortho intramolecular Hbond substituents is 1. The third-order valence-electron chi connectivity index (χ3n) is 4.87. The molecule has 172 valence electrons. The fourth-order valence-electron chi connectivity index (χ4n) is 3.19. The van der Waals surface area contributed by atoms with Gasteiger partial charge in [0.15, 0.2) is 23.0 Å². The zero-order valence-corrected chi connectivity index (χ0v) is 18.6. The van der Waals surface area contributed by atoms with E-state index in [1.807, 2.05) is 6.92 Å². The van der Waals surface area contributed by atoms with E-state index in [4.69, 9.17) is 23.7 Å². The average Bonchev–Trinajstić information content (AvgIpc) is 3.25. The first-order valence-corrected chi connectivity index (χ1v) is 10.5.